The Kier molecular flexibility index (Phi) is 15.7. The normalized spacial score (nSPS) is 11.4. The fourth-order valence-electron chi connectivity index (χ4n) is 5.02. The van der Waals surface area contributed by atoms with Gasteiger partial charge in [-0.25, -0.2) is 0 Å². The second-order valence-electron chi connectivity index (χ2n) is 11.4. The molecule has 240 valence electrons. The molecule has 1 heterocycles. The molecule has 0 fully saturated rings. The van der Waals surface area contributed by atoms with Gasteiger partial charge in [-0.3, -0.25) is 0 Å². The van der Waals surface area contributed by atoms with Crippen molar-refractivity contribution >= 4 is 57.3 Å². The molecule has 0 saturated heterocycles. The second-order valence-corrected chi connectivity index (χ2v) is 13.8. The van der Waals surface area contributed by atoms with E-state index in [4.69, 9.17) is 13.9 Å². The third kappa shape index (κ3) is 12.0. The highest BCUT2D eigenvalue weighted by Gasteiger charge is 2.12. The van der Waals surface area contributed by atoms with Gasteiger partial charge in [0.05, 0.1) is 16.8 Å². The van der Waals surface area contributed by atoms with E-state index < -0.39 is 0 Å². The first kappa shape index (κ1) is 35.5. The monoisotopic (exact) mass is 832 g/mol. The van der Waals surface area contributed by atoms with Gasteiger partial charge >= 0.3 is 0 Å². The van der Waals surface area contributed by atoms with Crippen LogP contribution in [0.25, 0.3) is 35.1 Å². The third-order valence-electron chi connectivity index (χ3n) is 7.70. The number of unbranched alkanes of at least 4 members (excludes halogenated alkanes) is 10. The smallest absolute Gasteiger partial charge is 0.248 e. The molecule has 0 radical (unpaired) electrons. The van der Waals surface area contributed by atoms with Crippen LogP contribution >= 0.6 is 45.2 Å². The van der Waals surface area contributed by atoms with Crippen molar-refractivity contribution in [2.45, 2.75) is 90.9 Å². The third-order valence-corrected chi connectivity index (χ3v) is 9.27. The minimum absolute atomic E-state index is 0.509. The predicted octanol–water partition coefficient (Wildman–Crippen LogP) is 12.3. The zero-order chi connectivity index (χ0) is 31.7. The molecule has 4 rings (SSSR count). The van der Waals surface area contributed by atoms with Crippen LogP contribution in [0, 0.1) is 7.14 Å². The van der Waals surface area contributed by atoms with Crippen LogP contribution in [0.4, 0.5) is 0 Å². The Morgan fingerprint density at radius 1 is 0.600 bits per heavy atom. The average molecular weight is 833 g/mol. The molecule has 0 bridgehead atoms. The zero-order valence-electron chi connectivity index (χ0n) is 26.7. The van der Waals surface area contributed by atoms with Crippen molar-refractivity contribution in [3.05, 3.63) is 78.9 Å². The van der Waals surface area contributed by atoms with Crippen LogP contribution in [0.1, 0.15) is 102 Å². The standard InChI is InChI=1S/C38H46I2N2O3/c1-3-5-7-9-11-13-25-43-35-28-34(40)36(44-26-14-12-10-8-6-4-2)27-32(35)20-17-29-15-18-30(19-16-29)37-41-42-38(45-37)31-21-23-33(39)24-22-31/h15-24,27-28H,3-14,25-26H2,1-2H3/b20-17+. The van der Waals surface area contributed by atoms with Crippen molar-refractivity contribution in [2.24, 2.45) is 0 Å². The molecule has 0 N–H and O–H groups in total. The highest BCUT2D eigenvalue weighted by molar-refractivity contribution is 14.1. The molecule has 0 atom stereocenters. The number of aromatic nitrogens is 2. The van der Waals surface area contributed by atoms with E-state index in [0.717, 1.165) is 63.4 Å². The molecule has 0 aliphatic heterocycles. The lowest BCUT2D eigenvalue weighted by Gasteiger charge is -2.14. The molecule has 4 aromatic rings. The predicted molar refractivity (Wildman–Crippen MR) is 204 cm³/mol. The maximum absolute atomic E-state index is 6.33. The Bertz CT molecular complexity index is 1450. The summed E-state index contributed by atoms with van der Waals surface area (Å²) < 4.78 is 20.8. The molecule has 0 unspecified atom stereocenters. The fraction of sp³-hybridized carbons (Fsp3) is 0.421. The second kappa shape index (κ2) is 20.0. The molecular formula is C38H46I2N2O3. The Morgan fingerprint density at radius 3 is 1.69 bits per heavy atom. The van der Waals surface area contributed by atoms with Gasteiger partial charge in [0.25, 0.3) is 0 Å². The van der Waals surface area contributed by atoms with E-state index in [2.05, 4.69) is 106 Å². The van der Waals surface area contributed by atoms with Crippen molar-refractivity contribution in [2.75, 3.05) is 13.2 Å². The van der Waals surface area contributed by atoms with Crippen molar-refractivity contribution in [3.8, 4) is 34.4 Å². The van der Waals surface area contributed by atoms with Crippen LogP contribution in [0.2, 0.25) is 0 Å². The summed E-state index contributed by atoms with van der Waals surface area (Å²) in [5, 5.41) is 8.52. The van der Waals surface area contributed by atoms with Gasteiger partial charge < -0.3 is 13.9 Å². The van der Waals surface area contributed by atoms with Crippen LogP contribution in [-0.4, -0.2) is 23.4 Å². The summed E-state index contributed by atoms with van der Waals surface area (Å²) in [7, 11) is 0. The van der Waals surface area contributed by atoms with E-state index >= 15 is 0 Å². The van der Waals surface area contributed by atoms with Crippen molar-refractivity contribution in [1.82, 2.24) is 10.2 Å². The molecule has 45 heavy (non-hydrogen) atoms. The molecule has 0 spiro atoms. The highest BCUT2D eigenvalue weighted by atomic mass is 127. The minimum atomic E-state index is 0.509. The summed E-state index contributed by atoms with van der Waals surface area (Å²) >= 11 is 4.66. The molecular weight excluding hydrogens is 786 g/mol. The molecule has 0 aliphatic rings. The number of nitrogens with zero attached hydrogens (tertiary/aromatic N) is 2. The largest absolute Gasteiger partial charge is 0.493 e. The van der Waals surface area contributed by atoms with Gasteiger partial charge in [-0.05, 0) is 112 Å². The lowest BCUT2D eigenvalue weighted by molar-refractivity contribution is 0.294. The van der Waals surface area contributed by atoms with Gasteiger partial charge in [0.15, 0.2) is 0 Å². The first-order chi connectivity index (χ1) is 22.1. The fourth-order valence-corrected chi connectivity index (χ4v) is 5.97. The van der Waals surface area contributed by atoms with Crippen LogP contribution < -0.4 is 9.47 Å². The molecule has 0 saturated carbocycles. The number of benzene rings is 3. The molecule has 1 aromatic heterocycles. The van der Waals surface area contributed by atoms with Gasteiger partial charge in [-0.2, -0.15) is 0 Å². The quantitative estimate of drug-likeness (QED) is 0.0504. The van der Waals surface area contributed by atoms with E-state index in [0.29, 0.717) is 11.8 Å². The molecule has 0 amide bonds. The maximum Gasteiger partial charge on any atom is 0.248 e. The SMILES string of the molecule is CCCCCCCCOc1cc(/C=C/c2ccc(-c3nnc(-c4ccc(I)cc4)o3)cc2)c(OCCCCCCCC)cc1I. The highest BCUT2D eigenvalue weighted by Crippen LogP contribution is 2.32. The summed E-state index contributed by atoms with van der Waals surface area (Å²) in [6.07, 6.45) is 19.2. The Hall–Kier alpha value is -2.40. The van der Waals surface area contributed by atoms with E-state index in [9.17, 15) is 0 Å². The van der Waals surface area contributed by atoms with Crippen molar-refractivity contribution < 1.29 is 13.9 Å². The summed E-state index contributed by atoms with van der Waals surface area (Å²) in [5.74, 6) is 2.86. The van der Waals surface area contributed by atoms with Crippen LogP contribution in [-0.2, 0) is 0 Å². The summed E-state index contributed by atoms with van der Waals surface area (Å²) in [6.45, 7) is 5.98. The Morgan fingerprint density at radius 2 is 1.11 bits per heavy atom. The lowest BCUT2D eigenvalue weighted by atomic mass is 10.1. The first-order valence-electron chi connectivity index (χ1n) is 16.5. The maximum atomic E-state index is 6.33. The minimum Gasteiger partial charge on any atom is -0.493 e. The molecule has 7 heteroatoms. The number of halogens is 2. The Labute approximate surface area is 296 Å². The number of hydrogen-bond donors (Lipinski definition) is 0. The van der Waals surface area contributed by atoms with E-state index in [1.165, 1.54) is 67.8 Å². The van der Waals surface area contributed by atoms with E-state index in [1.807, 2.05) is 36.4 Å². The van der Waals surface area contributed by atoms with Gasteiger partial charge in [-0.15, -0.1) is 10.2 Å². The van der Waals surface area contributed by atoms with Crippen molar-refractivity contribution in [3.63, 3.8) is 0 Å². The van der Waals surface area contributed by atoms with Gasteiger partial charge in [0.1, 0.15) is 11.5 Å². The van der Waals surface area contributed by atoms with Crippen LogP contribution in [0.15, 0.2) is 65.1 Å². The first-order valence-corrected chi connectivity index (χ1v) is 18.7. The Balaban J connectivity index is 1.42. The van der Waals surface area contributed by atoms with Crippen LogP contribution in [0.3, 0.4) is 0 Å². The summed E-state index contributed by atoms with van der Waals surface area (Å²) in [4.78, 5) is 0. The average Bonchev–Trinajstić information content (AvgIpc) is 3.55. The van der Waals surface area contributed by atoms with E-state index in [-0.39, 0.29) is 0 Å². The molecule has 5 nitrogen and oxygen atoms in total. The van der Waals surface area contributed by atoms with E-state index in [1.54, 1.807) is 0 Å². The number of rotatable bonds is 20. The summed E-state index contributed by atoms with van der Waals surface area (Å²) in [5.41, 5.74) is 3.91. The zero-order valence-corrected chi connectivity index (χ0v) is 31.0. The van der Waals surface area contributed by atoms with Gasteiger partial charge in [-0.1, -0.05) is 102 Å². The van der Waals surface area contributed by atoms with Gasteiger partial charge in [0.2, 0.25) is 11.8 Å². The molecule has 0 aliphatic carbocycles. The summed E-state index contributed by atoms with van der Waals surface area (Å²) in [6, 6.07) is 20.5. The topological polar surface area (TPSA) is 57.4 Å². The number of ether oxygens (including phenoxy) is 2. The van der Waals surface area contributed by atoms with Crippen molar-refractivity contribution in [1.29, 1.82) is 0 Å². The van der Waals surface area contributed by atoms with Crippen LogP contribution in [0.5, 0.6) is 11.5 Å². The lowest BCUT2D eigenvalue weighted by Crippen LogP contribution is -2.03. The molecule has 3 aromatic carbocycles. The van der Waals surface area contributed by atoms with Gasteiger partial charge in [0, 0.05) is 20.3 Å². The number of hydrogen-bond acceptors (Lipinski definition) is 5.